The number of halogens is 4. The molecule has 0 spiro atoms. The van der Waals surface area contributed by atoms with Gasteiger partial charge in [-0.05, 0) is 19.9 Å². The van der Waals surface area contributed by atoms with Gasteiger partial charge in [0.25, 0.3) is 5.91 Å². The average Bonchev–Trinajstić information content (AvgIpc) is 2.23. The van der Waals surface area contributed by atoms with Gasteiger partial charge in [0, 0.05) is 23.9 Å². The molecule has 0 aliphatic heterocycles. The SMILES string of the molecule is CC(C)N(CC(F)(F)F)C(=O)c1ccnc(F)c1. The minimum atomic E-state index is -4.49. The summed E-state index contributed by atoms with van der Waals surface area (Å²) in [7, 11) is 0. The molecule has 0 fully saturated rings. The van der Waals surface area contributed by atoms with Gasteiger partial charge in [-0.25, -0.2) is 4.98 Å². The number of carbonyl (C=O) groups is 1. The maximum absolute atomic E-state index is 12.8. The maximum Gasteiger partial charge on any atom is 0.406 e. The summed E-state index contributed by atoms with van der Waals surface area (Å²) in [4.78, 5) is 15.7. The highest BCUT2D eigenvalue weighted by Crippen LogP contribution is 2.20. The molecule has 1 rings (SSSR count). The van der Waals surface area contributed by atoms with Gasteiger partial charge in [-0.15, -0.1) is 0 Å². The number of carbonyl (C=O) groups excluding carboxylic acids is 1. The molecule has 100 valence electrons. The van der Waals surface area contributed by atoms with Gasteiger partial charge >= 0.3 is 6.18 Å². The fraction of sp³-hybridized carbons (Fsp3) is 0.455. The predicted octanol–water partition coefficient (Wildman–Crippen LogP) is 2.63. The molecule has 0 aromatic carbocycles. The van der Waals surface area contributed by atoms with Crippen LogP contribution in [0.3, 0.4) is 0 Å². The van der Waals surface area contributed by atoms with E-state index in [1.807, 2.05) is 0 Å². The number of aromatic nitrogens is 1. The van der Waals surface area contributed by atoms with Gasteiger partial charge < -0.3 is 4.90 Å². The van der Waals surface area contributed by atoms with Crippen molar-refractivity contribution in [2.45, 2.75) is 26.1 Å². The quantitative estimate of drug-likeness (QED) is 0.621. The summed E-state index contributed by atoms with van der Waals surface area (Å²) in [6.07, 6.45) is -3.46. The fourth-order valence-corrected chi connectivity index (χ4v) is 1.38. The topological polar surface area (TPSA) is 33.2 Å². The van der Waals surface area contributed by atoms with E-state index in [0.717, 1.165) is 12.3 Å². The summed E-state index contributed by atoms with van der Waals surface area (Å²) in [6.45, 7) is 1.55. The van der Waals surface area contributed by atoms with Crippen molar-refractivity contribution in [2.75, 3.05) is 6.54 Å². The second-order valence-electron chi connectivity index (χ2n) is 4.01. The Kier molecular flexibility index (Phi) is 4.26. The Morgan fingerprint density at radius 2 is 2.06 bits per heavy atom. The molecule has 1 amide bonds. The van der Waals surface area contributed by atoms with Crippen LogP contribution in [0, 0.1) is 5.95 Å². The molecule has 0 saturated heterocycles. The van der Waals surface area contributed by atoms with E-state index in [1.54, 1.807) is 0 Å². The Morgan fingerprint density at radius 1 is 1.44 bits per heavy atom. The first kappa shape index (κ1) is 14.4. The number of hydrogen-bond donors (Lipinski definition) is 0. The van der Waals surface area contributed by atoms with Gasteiger partial charge in [-0.1, -0.05) is 0 Å². The van der Waals surface area contributed by atoms with Crippen molar-refractivity contribution < 1.29 is 22.4 Å². The molecule has 0 saturated carbocycles. The molecule has 1 aromatic rings. The lowest BCUT2D eigenvalue weighted by Gasteiger charge is -2.27. The van der Waals surface area contributed by atoms with Crippen molar-refractivity contribution in [3.8, 4) is 0 Å². The van der Waals surface area contributed by atoms with Crippen molar-refractivity contribution in [1.82, 2.24) is 9.88 Å². The van der Waals surface area contributed by atoms with Crippen LogP contribution in [0.1, 0.15) is 24.2 Å². The average molecular weight is 264 g/mol. The first-order valence-electron chi connectivity index (χ1n) is 5.20. The Morgan fingerprint density at radius 3 is 2.50 bits per heavy atom. The summed E-state index contributed by atoms with van der Waals surface area (Å²) in [5.74, 6) is -1.78. The van der Waals surface area contributed by atoms with E-state index < -0.39 is 30.6 Å². The molecule has 0 aliphatic rings. The smallest absolute Gasteiger partial charge is 0.327 e. The van der Waals surface area contributed by atoms with Crippen LogP contribution in [0.25, 0.3) is 0 Å². The summed E-state index contributed by atoms with van der Waals surface area (Å²) < 4.78 is 49.8. The Labute approximate surface area is 101 Å². The van der Waals surface area contributed by atoms with Crippen LogP contribution in [-0.4, -0.2) is 34.6 Å². The first-order chi connectivity index (χ1) is 8.20. The number of nitrogens with zero attached hydrogens (tertiary/aromatic N) is 2. The Hall–Kier alpha value is -1.66. The van der Waals surface area contributed by atoms with Crippen molar-refractivity contribution in [3.63, 3.8) is 0 Å². The summed E-state index contributed by atoms with van der Waals surface area (Å²) >= 11 is 0. The number of pyridine rings is 1. The van der Waals surface area contributed by atoms with Gasteiger partial charge in [0.15, 0.2) is 0 Å². The van der Waals surface area contributed by atoms with Crippen LogP contribution in [0.5, 0.6) is 0 Å². The molecule has 3 nitrogen and oxygen atoms in total. The third kappa shape index (κ3) is 3.97. The highest BCUT2D eigenvalue weighted by Gasteiger charge is 2.34. The van der Waals surface area contributed by atoms with Crippen molar-refractivity contribution in [3.05, 3.63) is 29.8 Å². The first-order valence-corrected chi connectivity index (χ1v) is 5.20. The molecule has 0 aliphatic carbocycles. The highest BCUT2D eigenvalue weighted by atomic mass is 19.4. The minimum absolute atomic E-state index is 0.152. The lowest BCUT2D eigenvalue weighted by atomic mass is 10.2. The van der Waals surface area contributed by atoms with Crippen molar-refractivity contribution in [1.29, 1.82) is 0 Å². The van der Waals surface area contributed by atoms with E-state index in [-0.39, 0.29) is 5.56 Å². The lowest BCUT2D eigenvalue weighted by Crippen LogP contribution is -2.43. The van der Waals surface area contributed by atoms with Gasteiger partial charge in [-0.2, -0.15) is 17.6 Å². The molecule has 18 heavy (non-hydrogen) atoms. The monoisotopic (exact) mass is 264 g/mol. The van der Waals surface area contributed by atoms with Gasteiger partial charge in [0.1, 0.15) is 6.54 Å². The molecular weight excluding hydrogens is 252 g/mol. The zero-order valence-corrected chi connectivity index (χ0v) is 9.83. The molecule has 0 N–H and O–H groups in total. The fourth-order valence-electron chi connectivity index (χ4n) is 1.38. The van der Waals surface area contributed by atoms with Gasteiger partial charge in [0.2, 0.25) is 5.95 Å². The highest BCUT2D eigenvalue weighted by molar-refractivity contribution is 5.94. The second kappa shape index (κ2) is 5.32. The van der Waals surface area contributed by atoms with Gasteiger partial charge in [-0.3, -0.25) is 4.79 Å². The van der Waals surface area contributed by atoms with Crippen LogP contribution >= 0.6 is 0 Å². The number of amides is 1. The zero-order valence-electron chi connectivity index (χ0n) is 9.83. The molecule has 7 heteroatoms. The zero-order chi connectivity index (χ0) is 13.9. The molecule has 0 radical (unpaired) electrons. The Balaban J connectivity index is 2.97. The van der Waals surface area contributed by atoms with E-state index in [9.17, 15) is 22.4 Å². The molecule has 0 unspecified atom stereocenters. The normalized spacial score (nSPS) is 11.7. The Bertz CT molecular complexity index is 431. The van der Waals surface area contributed by atoms with E-state index in [0.29, 0.717) is 4.90 Å². The number of alkyl halides is 3. The van der Waals surface area contributed by atoms with Crippen LogP contribution in [0.15, 0.2) is 18.3 Å². The molecule has 1 heterocycles. The van der Waals surface area contributed by atoms with Crippen LogP contribution in [0.4, 0.5) is 17.6 Å². The number of rotatable bonds is 3. The summed E-state index contributed by atoms with van der Waals surface area (Å²) in [6, 6.07) is 1.35. The van der Waals surface area contributed by atoms with E-state index >= 15 is 0 Å². The van der Waals surface area contributed by atoms with E-state index in [1.165, 1.54) is 19.9 Å². The minimum Gasteiger partial charge on any atom is -0.327 e. The van der Waals surface area contributed by atoms with Crippen molar-refractivity contribution >= 4 is 5.91 Å². The molecule has 0 atom stereocenters. The summed E-state index contributed by atoms with van der Waals surface area (Å²) in [5.41, 5.74) is -0.152. The standard InChI is InChI=1S/C11H12F4N2O/c1-7(2)17(6-11(13,14)15)10(18)8-3-4-16-9(12)5-8/h3-5,7H,6H2,1-2H3. The van der Waals surface area contributed by atoms with Crippen LogP contribution in [0.2, 0.25) is 0 Å². The summed E-state index contributed by atoms with van der Waals surface area (Å²) in [5, 5.41) is 0. The molecular formula is C11H12F4N2O. The number of hydrogen-bond acceptors (Lipinski definition) is 2. The largest absolute Gasteiger partial charge is 0.406 e. The third-order valence-corrected chi connectivity index (χ3v) is 2.21. The molecule has 0 bridgehead atoms. The maximum atomic E-state index is 12.8. The predicted molar refractivity (Wildman–Crippen MR) is 56.4 cm³/mol. The third-order valence-electron chi connectivity index (χ3n) is 2.21. The second-order valence-corrected chi connectivity index (χ2v) is 4.01. The van der Waals surface area contributed by atoms with E-state index in [4.69, 9.17) is 0 Å². The van der Waals surface area contributed by atoms with Crippen molar-refractivity contribution in [2.24, 2.45) is 0 Å². The van der Waals surface area contributed by atoms with E-state index in [2.05, 4.69) is 4.98 Å². The molecule has 1 aromatic heterocycles. The van der Waals surface area contributed by atoms with Crippen LogP contribution < -0.4 is 0 Å². The van der Waals surface area contributed by atoms with Crippen LogP contribution in [-0.2, 0) is 0 Å². The lowest BCUT2D eigenvalue weighted by molar-refractivity contribution is -0.143. The van der Waals surface area contributed by atoms with Gasteiger partial charge in [0.05, 0.1) is 0 Å².